The molecule has 0 aliphatic carbocycles. The van der Waals surface area contributed by atoms with Crippen molar-refractivity contribution in [1.29, 1.82) is 0 Å². The molecule has 1 unspecified atom stereocenters. The molecule has 1 aliphatic rings. The molecule has 1 fully saturated rings. The highest BCUT2D eigenvalue weighted by Gasteiger charge is 2.44. The molecule has 32 heavy (non-hydrogen) atoms. The number of amides is 1. The number of hydrogen-bond donors (Lipinski definition) is 1. The number of rotatable bonds is 8. The van der Waals surface area contributed by atoms with Gasteiger partial charge < -0.3 is 19.6 Å². The fourth-order valence-corrected chi connectivity index (χ4v) is 3.79. The molecule has 0 radical (unpaired) electrons. The number of ketones is 1. The van der Waals surface area contributed by atoms with Gasteiger partial charge in [0.1, 0.15) is 5.75 Å². The number of likely N-dealkylation sites (tertiary alicyclic amines) is 1. The SMILES string of the molecule is Cc1cc(C([O-])=C2C(=O)C(=O)N(CC[NH+](C)C)C2c2ccccc2)ccc1OCC(C)C. The predicted molar refractivity (Wildman–Crippen MR) is 122 cm³/mol. The van der Waals surface area contributed by atoms with E-state index in [1.165, 1.54) is 4.90 Å². The van der Waals surface area contributed by atoms with Crippen molar-refractivity contribution in [2.24, 2.45) is 5.92 Å². The second-order valence-corrected chi connectivity index (χ2v) is 9.03. The molecule has 6 nitrogen and oxygen atoms in total. The summed E-state index contributed by atoms with van der Waals surface area (Å²) in [6.07, 6.45) is 0. The molecule has 0 bridgehead atoms. The van der Waals surface area contributed by atoms with Crippen molar-refractivity contribution in [1.82, 2.24) is 4.90 Å². The minimum atomic E-state index is -0.713. The third-order valence-corrected chi connectivity index (χ3v) is 5.51. The zero-order chi connectivity index (χ0) is 23.4. The van der Waals surface area contributed by atoms with E-state index < -0.39 is 23.5 Å². The van der Waals surface area contributed by atoms with Crippen LogP contribution in [0.5, 0.6) is 5.75 Å². The van der Waals surface area contributed by atoms with Gasteiger partial charge in [-0.15, -0.1) is 0 Å². The third kappa shape index (κ3) is 5.02. The molecule has 0 aromatic heterocycles. The van der Waals surface area contributed by atoms with Gasteiger partial charge in [0.15, 0.2) is 0 Å². The normalized spacial score (nSPS) is 18.1. The van der Waals surface area contributed by atoms with Crippen LogP contribution in [0.25, 0.3) is 5.76 Å². The Morgan fingerprint density at radius 1 is 1.12 bits per heavy atom. The lowest BCUT2D eigenvalue weighted by Crippen LogP contribution is -3.06. The topological polar surface area (TPSA) is 74.1 Å². The van der Waals surface area contributed by atoms with Gasteiger partial charge in [-0.3, -0.25) is 9.59 Å². The standard InChI is InChI=1S/C26H32N2O4/c1-17(2)16-32-21-12-11-20(15-18(21)3)24(29)22-23(19-9-7-6-8-10-19)28(14-13-27(4)5)26(31)25(22)30/h6-12,15,17,23,29H,13-14,16H2,1-5H3. The lowest BCUT2D eigenvalue weighted by Gasteiger charge is -2.28. The van der Waals surface area contributed by atoms with Crippen molar-refractivity contribution in [3.05, 3.63) is 70.8 Å². The van der Waals surface area contributed by atoms with Crippen LogP contribution in [0, 0.1) is 12.8 Å². The van der Waals surface area contributed by atoms with E-state index in [1.54, 1.807) is 18.2 Å². The van der Waals surface area contributed by atoms with E-state index in [9.17, 15) is 14.7 Å². The van der Waals surface area contributed by atoms with Crippen molar-refractivity contribution < 1.29 is 24.3 Å². The number of ether oxygens (including phenoxy) is 1. The number of aryl methyl sites for hydroxylation is 1. The summed E-state index contributed by atoms with van der Waals surface area (Å²) in [6, 6.07) is 13.8. The summed E-state index contributed by atoms with van der Waals surface area (Å²) in [7, 11) is 3.97. The molecule has 6 heteroatoms. The molecule has 1 aliphatic heterocycles. The van der Waals surface area contributed by atoms with Gasteiger partial charge in [-0.25, -0.2) is 0 Å². The Kier molecular flexibility index (Phi) is 7.36. The second-order valence-electron chi connectivity index (χ2n) is 9.03. The average molecular weight is 437 g/mol. The number of Topliss-reactive ketones (excluding diaryl/α,β-unsaturated/α-hetero) is 1. The largest absolute Gasteiger partial charge is 0.872 e. The highest BCUT2D eigenvalue weighted by atomic mass is 16.5. The van der Waals surface area contributed by atoms with Crippen LogP contribution >= 0.6 is 0 Å². The van der Waals surface area contributed by atoms with E-state index >= 15 is 0 Å². The van der Waals surface area contributed by atoms with Crippen LogP contribution in [0.3, 0.4) is 0 Å². The molecule has 1 saturated heterocycles. The predicted octanol–water partition coefficient (Wildman–Crippen LogP) is 1.40. The van der Waals surface area contributed by atoms with E-state index in [0.29, 0.717) is 36.9 Å². The number of quaternary nitrogens is 1. The maximum atomic E-state index is 13.5. The van der Waals surface area contributed by atoms with Gasteiger partial charge in [-0.2, -0.15) is 0 Å². The number of carbonyl (C=O) groups excluding carboxylic acids is 2. The van der Waals surface area contributed by atoms with Crippen LogP contribution in [0.1, 0.15) is 36.6 Å². The van der Waals surface area contributed by atoms with Gasteiger partial charge >= 0.3 is 0 Å². The van der Waals surface area contributed by atoms with Crippen LogP contribution in [0.4, 0.5) is 0 Å². The monoisotopic (exact) mass is 436 g/mol. The minimum absolute atomic E-state index is 0.0187. The van der Waals surface area contributed by atoms with Crippen LogP contribution < -0.4 is 14.7 Å². The molecular formula is C26H32N2O4. The minimum Gasteiger partial charge on any atom is -0.872 e. The second kappa shape index (κ2) is 10.0. The van der Waals surface area contributed by atoms with Crippen LogP contribution in [0.2, 0.25) is 0 Å². The Hall–Kier alpha value is -3.12. The van der Waals surface area contributed by atoms with Gasteiger partial charge in [-0.1, -0.05) is 56.0 Å². The van der Waals surface area contributed by atoms with Gasteiger partial charge in [0.05, 0.1) is 39.8 Å². The first-order valence-electron chi connectivity index (χ1n) is 11.0. The lowest BCUT2D eigenvalue weighted by molar-refractivity contribution is -0.857. The molecular weight excluding hydrogens is 404 g/mol. The number of nitrogens with zero attached hydrogens (tertiary/aromatic N) is 1. The molecule has 1 N–H and O–H groups in total. The number of nitrogens with one attached hydrogen (secondary N) is 1. The van der Waals surface area contributed by atoms with Gasteiger partial charge in [0.2, 0.25) is 5.78 Å². The fourth-order valence-electron chi connectivity index (χ4n) is 3.79. The number of carbonyl (C=O) groups is 2. The molecule has 1 heterocycles. The van der Waals surface area contributed by atoms with Gasteiger partial charge in [0, 0.05) is 5.57 Å². The third-order valence-electron chi connectivity index (χ3n) is 5.51. The van der Waals surface area contributed by atoms with Crippen molar-refractivity contribution in [3.63, 3.8) is 0 Å². The summed E-state index contributed by atoms with van der Waals surface area (Å²) in [5, 5.41) is 13.5. The van der Waals surface area contributed by atoms with Gasteiger partial charge in [-0.05, 0) is 41.7 Å². The molecule has 3 rings (SSSR count). The summed E-state index contributed by atoms with van der Waals surface area (Å²) >= 11 is 0. The highest BCUT2D eigenvalue weighted by molar-refractivity contribution is 6.46. The van der Waals surface area contributed by atoms with Crippen molar-refractivity contribution in [3.8, 4) is 5.75 Å². The Morgan fingerprint density at radius 2 is 1.81 bits per heavy atom. The van der Waals surface area contributed by atoms with E-state index in [1.807, 2.05) is 51.4 Å². The summed E-state index contributed by atoms with van der Waals surface area (Å²) in [5.41, 5.74) is 1.98. The molecule has 1 atom stereocenters. The zero-order valence-electron chi connectivity index (χ0n) is 19.5. The summed E-state index contributed by atoms with van der Waals surface area (Å²) in [6.45, 7) is 7.66. The Labute approximate surface area is 190 Å². The maximum absolute atomic E-state index is 13.5. The van der Waals surface area contributed by atoms with Crippen molar-refractivity contribution >= 4 is 17.4 Å². The number of likely N-dealkylation sites (N-methyl/N-ethyl adjacent to an activating group) is 1. The van der Waals surface area contributed by atoms with E-state index in [4.69, 9.17) is 4.74 Å². The smallest absolute Gasteiger partial charge is 0.295 e. The van der Waals surface area contributed by atoms with Crippen molar-refractivity contribution in [2.45, 2.75) is 26.8 Å². The summed E-state index contributed by atoms with van der Waals surface area (Å²) in [5.74, 6) is -0.637. The summed E-state index contributed by atoms with van der Waals surface area (Å²) < 4.78 is 5.81. The molecule has 2 aromatic rings. The highest BCUT2D eigenvalue weighted by Crippen LogP contribution is 2.38. The van der Waals surface area contributed by atoms with Crippen LogP contribution in [-0.2, 0) is 9.59 Å². The van der Waals surface area contributed by atoms with E-state index in [0.717, 1.165) is 16.0 Å². The van der Waals surface area contributed by atoms with Gasteiger partial charge in [0.25, 0.3) is 5.91 Å². The number of hydrogen-bond acceptors (Lipinski definition) is 4. The number of benzene rings is 2. The Bertz CT molecular complexity index is 1010. The zero-order valence-corrected chi connectivity index (χ0v) is 19.5. The van der Waals surface area contributed by atoms with E-state index in [-0.39, 0.29) is 5.57 Å². The molecule has 0 spiro atoms. The summed E-state index contributed by atoms with van der Waals surface area (Å²) in [4.78, 5) is 28.6. The van der Waals surface area contributed by atoms with Crippen LogP contribution in [-0.4, -0.2) is 50.4 Å². The molecule has 0 saturated carbocycles. The quantitative estimate of drug-likeness (QED) is 0.386. The first-order valence-corrected chi connectivity index (χ1v) is 11.0. The fraction of sp³-hybridized carbons (Fsp3) is 0.385. The Balaban J connectivity index is 2.05. The lowest BCUT2D eigenvalue weighted by atomic mass is 9.95. The van der Waals surface area contributed by atoms with Crippen LogP contribution in [0.15, 0.2) is 54.1 Å². The van der Waals surface area contributed by atoms with E-state index in [2.05, 4.69) is 13.8 Å². The molecule has 2 aromatic carbocycles. The molecule has 170 valence electrons. The molecule has 1 amide bonds. The average Bonchev–Trinajstić information content (AvgIpc) is 3.01. The first-order chi connectivity index (χ1) is 15.2. The maximum Gasteiger partial charge on any atom is 0.295 e. The van der Waals surface area contributed by atoms with Crippen molar-refractivity contribution in [2.75, 3.05) is 33.8 Å². The first kappa shape index (κ1) is 23.5. The Morgan fingerprint density at radius 3 is 2.41 bits per heavy atom.